The molecule has 0 amide bonds. The summed E-state index contributed by atoms with van der Waals surface area (Å²) in [5.41, 5.74) is 5.35. The number of benzene rings is 1. The highest BCUT2D eigenvalue weighted by Crippen LogP contribution is 2.34. The zero-order valence-corrected chi connectivity index (χ0v) is 13.4. The molecule has 21 heavy (non-hydrogen) atoms. The van der Waals surface area contributed by atoms with Crippen LogP contribution >= 0.6 is 0 Å². The Kier molecular flexibility index (Phi) is 5.76. The van der Waals surface area contributed by atoms with Crippen molar-refractivity contribution in [3.63, 3.8) is 0 Å². The molecule has 0 aromatic heterocycles. The minimum atomic E-state index is -0.279. The summed E-state index contributed by atoms with van der Waals surface area (Å²) in [7, 11) is 0. The molecule has 4 nitrogen and oxygen atoms in total. The number of nitrogens with two attached hydrogens (primary N) is 1. The summed E-state index contributed by atoms with van der Waals surface area (Å²) >= 11 is 0. The van der Waals surface area contributed by atoms with Gasteiger partial charge in [0.2, 0.25) is 0 Å². The van der Waals surface area contributed by atoms with Crippen LogP contribution in [-0.4, -0.2) is 24.9 Å². The first-order valence-electron chi connectivity index (χ1n) is 7.94. The molecule has 0 aliphatic carbocycles. The van der Waals surface area contributed by atoms with Crippen LogP contribution in [0.4, 0.5) is 0 Å². The monoisotopic (exact) mass is 292 g/mol. The van der Waals surface area contributed by atoms with E-state index in [1.165, 1.54) is 11.1 Å². The van der Waals surface area contributed by atoms with E-state index in [-0.39, 0.29) is 17.7 Å². The van der Waals surface area contributed by atoms with Gasteiger partial charge in [0.1, 0.15) is 0 Å². The van der Waals surface area contributed by atoms with Crippen molar-refractivity contribution < 1.29 is 9.47 Å². The molecule has 118 valence electrons. The first-order chi connectivity index (χ1) is 10.1. The molecule has 3 atom stereocenters. The molecule has 1 aromatic carbocycles. The molecule has 0 saturated heterocycles. The van der Waals surface area contributed by atoms with Crippen molar-refractivity contribution in [1.82, 2.24) is 5.43 Å². The lowest BCUT2D eigenvalue weighted by atomic mass is 9.85. The zero-order chi connectivity index (χ0) is 15.3. The van der Waals surface area contributed by atoms with Crippen LogP contribution in [0.2, 0.25) is 0 Å². The van der Waals surface area contributed by atoms with E-state index in [0.29, 0.717) is 6.61 Å². The van der Waals surface area contributed by atoms with Gasteiger partial charge >= 0.3 is 0 Å². The molecule has 0 saturated carbocycles. The minimum absolute atomic E-state index is 0.0543. The summed E-state index contributed by atoms with van der Waals surface area (Å²) in [6.07, 6.45) is 2.80. The molecule has 1 aliphatic rings. The maximum absolute atomic E-state index is 6.00. The lowest BCUT2D eigenvalue weighted by molar-refractivity contribution is -0.0731. The largest absolute Gasteiger partial charge is 0.374 e. The van der Waals surface area contributed by atoms with Crippen LogP contribution in [0.1, 0.15) is 50.8 Å². The molecular weight excluding hydrogens is 264 g/mol. The standard InChI is InChI=1S/C17H28N2O2/c1-4-17(3,21-5-2)16(19-18)12-15-14-9-7-6-8-13(14)10-11-20-15/h6-9,15-16,19H,4-5,10-12,18H2,1-3H3. The number of nitrogens with one attached hydrogen (secondary N) is 1. The molecule has 0 fully saturated rings. The highest BCUT2D eigenvalue weighted by atomic mass is 16.5. The zero-order valence-electron chi connectivity index (χ0n) is 13.4. The number of hydrogen-bond donors (Lipinski definition) is 2. The molecule has 1 aliphatic heterocycles. The SMILES string of the molecule is CCOC(C)(CC)C(CC1OCCc2ccccc21)NN. The topological polar surface area (TPSA) is 56.5 Å². The van der Waals surface area contributed by atoms with E-state index in [1.54, 1.807) is 0 Å². The summed E-state index contributed by atoms with van der Waals surface area (Å²) in [4.78, 5) is 0. The van der Waals surface area contributed by atoms with Crippen LogP contribution in [0.25, 0.3) is 0 Å². The van der Waals surface area contributed by atoms with Crippen LogP contribution < -0.4 is 11.3 Å². The van der Waals surface area contributed by atoms with Crippen LogP contribution in [0.5, 0.6) is 0 Å². The van der Waals surface area contributed by atoms with Gasteiger partial charge in [0.05, 0.1) is 24.4 Å². The first-order valence-corrected chi connectivity index (χ1v) is 7.94. The molecule has 0 radical (unpaired) electrons. The number of ether oxygens (including phenoxy) is 2. The predicted octanol–water partition coefficient (Wildman–Crippen LogP) is 2.73. The smallest absolute Gasteiger partial charge is 0.0844 e. The molecular formula is C17H28N2O2. The Labute approximate surface area is 128 Å². The number of hydrazine groups is 1. The van der Waals surface area contributed by atoms with Gasteiger partial charge in [-0.2, -0.15) is 0 Å². The van der Waals surface area contributed by atoms with E-state index in [0.717, 1.165) is 25.9 Å². The van der Waals surface area contributed by atoms with Crippen molar-refractivity contribution in [2.45, 2.75) is 57.8 Å². The lowest BCUT2D eigenvalue weighted by Crippen LogP contribution is -2.53. The van der Waals surface area contributed by atoms with E-state index in [4.69, 9.17) is 15.3 Å². The van der Waals surface area contributed by atoms with E-state index in [2.05, 4.69) is 43.5 Å². The summed E-state index contributed by atoms with van der Waals surface area (Å²) in [5, 5.41) is 0. The summed E-state index contributed by atoms with van der Waals surface area (Å²) in [5.74, 6) is 5.82. The second-order valence-electron chi connectivity index (χ2n) is 5.86. The third kappa shape index (κ3) is 3.64. The van der Waals surface area contributed by atoms with Gasteiger partial charge in [-0.15, -0.1) is 0 Å². The molecule has 2 rings (SSSR count). The fraction of sp³-hybridized carbons (Fsp3) is 0.647. The Morgan fingerprint density at radius 3 is 2.86 bits per heavy atom. The summed E-state index contributed by atoms with van der Waals surface area (Å²) in [6, 6.07) is 8.58. The molecule has 0 spiro atoms. The summed E-state index contributed by atoms with van der Waals surface area (Å²) < 4.78 is 12.0. The number of hydrogen-bond acceptors (Lipinski definition) is 4. The van der Waals surface area contributed by atoms with Gasteiger partial charge in [0.25, 0.3) is 0 Å². The number of fused-ring (bicyclic) bond motifs is 1. The van der Waals surface area contributed by atoms with Gasteiger partial charge in [0.15, 0.2) is 0 Å². The molecule has 1 heterocycles. The maximum atomic E-state index is 6.00. The highest BCUT2D eigenvalue weighted by Gasteiger charge is 2.36. The van der Waals surface area contributed by atoms with Crippen LogP contribution in [0.15, 0.2) is 24.3 Å². The Balaban J connectivity index is 2.16. The molecule has 1 aromatic rings. The van der Waals surface area contributed by atoms with Crippen molar-refractivity contribution in [2.24, 2.45) is 5.84 Å². The van der Waals surface area contributed by atoms with Crippen molar-refractivity contribution in [3.8, 4) is 0 Å². The number of rotatable bonds is 7. The third-order valence-corrected chi connectivity index (χ3v) is 4.66. The quantitative estimate of drug-likeness (QED) is 0.599. The van der Waals surface area contributed by atoms with Gasteiger partial charge in [-0.05, 0) is 44.2 Å². The van der Waals surface area contributed by atoms with Gasteiger partial charge in [-0.3, -0.25) is 11.3 Å². The van der Waals surface area contributed by atoms with Crippen LogP contribution in [0, 0.1) is 0 Å². The Morgan fingerprint density at radius 2 is 2.19 bits per heavy atom. The molecule has 0 bridgehead atoms. The van der Waals surface area contributed by atoms with Crippen molar-refractivity contribution >= 4 is 0 Å². The normalized spacial score (nSPS) is 22.4. The van der Waals surface area contributed by atoms with Crippen molar-refractivity contribution in [3.05, 3.63) is 35.4 Å². The third-order valence-electron chi connectivity index (χ3n) is 4.66. The Morgan fingerprint density at radius 1 is 1.43 bits per heavy atom. The Bertz CT molecular complexity index is 452. The lowest BCUT2D eigenvalue weighted by Gasteiger charge is -2.39. The van der Waals surface area contributed by atoms with Crippen LogP contribution in [0.3, 0.4) is 0 Å². The van der Waals surface area contributed by atoms with E-state index in [1.807, 2.05) is 6.92 Å². The van der Waals surface area contributed by atoms with E-state index < -0.39 is 0 Å². The minimum Gasteiger partial charge on any atom is -0.374 e. The second-order valence-corrected chi connectivity index (χ2v) is 5.86. The van der Waals surface area contributed by atoms with Gasteiger partial charge in [-0.25, -0.2) is 0 Å². The molecule has 3 N–H and O–H groups in total. The summed E-state index contributed by atoms with van der Waals surface area (Å²) in [6.45, 7) is 7.74. The molecule has 4 heteroatoms. The molecule has 3 unspecified atom stereocenters. The van der Waals surface area contributed by atoms with Crippen molar-refractivity contribution in [1.29, 1.82) is 0 Å². The van der Waals surface area contributed by atoms with Gasteiger partial charge < -0.3 is 9.47 Å². The average molecular weight is 292 g/mol. The second kappa shape index (κ2) is 7.36. The average Bonchev–Trinajstić information content (AvgIpc) is 2.52. The predicted molar refractivity (Wildman–Crippen MR) is 84.9 cm³/mol. The van der Waals surface area contributed by atoms with Gasteiger partial charge in [0, 0.05) is 6.61 Å². The maximum Gasteiger partial charge on any atom is 0.0844 e. The van der Waals surface area contributed by atoms with Crippen LogP contribution in [-0.2, 0) is 15.9 Å². The fourth-order valence-electron chi connectivity index (χ4n) is 3.16. The first kappa shape index (κ1) is 16.4. The Hall–Kier alpha value is -0.940. The van der Waals surface area contributed by atoms with Gasteiger partial charge in [-0.1, -0.05) is 31.2 Å². The highest BCUT2D eigenvalue weighted by molar-refractivity contribution is 5.31. The fourth-order valence-corrected chi connectivity index (χ4v) is 3.16. The van der Waals surface area contributed by atoms with E-state index >= 15 is 0 Å². The van der Waals surface area contributed by atoms with E-state index in [9.17, 15) is 0 Å². The van der Waals surface area contributed by atoms with Crippen molar-refractivity contribution in [2.75, 3.05) is 13.2 Å².